The topological polar surface area (TPSA) is 61.3 Å². The Labute approximate surface area is 102 Å². The Morgan fingerprint density at radius 1 is 1.59 bits per heavy atom. The van der Waals surface area contributed by atoms with E-state index in [-0.39, 0.29) is 12.6 Å². The molecule has 1 aromatic rings. The van der Waals surface area contributed by atoms with Crippen molar-refractivity contribution in [3.8, 4) is 0 Å². The van der Waals surface area contributed by atoms with Crippen molar-refractivity contribution in [2.75, 3.05) is 29.9 Å². The molecule has 1 unspecified atom stereocenters. The monoisotopic (exact) mass is 236 g/mol. The minimum Gasteiger partial charge on any atom is -0.394 e. The summed E-state index contributed by atoms with van der Waals surface area (Å²) < 4.78 is 0. The molecule has 0 saturated carbocycles. The molecule has 0 amide bonds. The lowest BCUT2D eigenvalue weighted by molar-refractivity contribution is 0.265. The van der Waals surface area contributed by atoms with Crippen molar-refractivity contribution in [2.45, 2.75) is 32.2 Å². The fraction of sp³-hybridized carbons (Fsp3) is 0.667. The van der Waals surface area contributed by atoms with Gasteiger partial charge in [-0.15, -0.1) is 0 Å². The van der Waals surface area contributed by atoms with E-state index in [2.05, 4.69) is 27.1 Å². The molecule has 0 aliphatic carbocycles. The molecule has 2 N–H and O–H groups in total. The van der Waals surface area contributed by atoms with Crippen LogP contribution in [0.2, 0.25) is 0 Å². The van der Waals surface area contributed by atoms with E-state index in [0.29, 0.717) is 0 Å². The van der Waals surface area contributed by atoms with E-state index in [4.69, 9.17) is 0 Å². The minimum absolute atomic E-state index is 0.177. The second-order valence-electron chi connectivity index (χ2n) is 4.34. The first kappa shape index (κ1) is 12.1. The van der Waals surface area contributed by atoms with E-state index in [9.17, 15) is 5.11 Å². The summed E-state index contributed by atoms with van der Waals surface area (Å²) in [7, 11) is 0. The molecule has 1 aliphatic heterocycles. The van der Waals surface area contributed by atoms with Crippen molar-refractivity contribution in [1.82, 2.24) is 9.97 Å². The van der Waals surface area contributed by atoms with Crippen LogP contribution < -0.4 is 10.2 Å². The van der Waals surface area contributed by atoms with Crippen LogP contribution in [-0.4, -0.2) is 40.8 Å². The lowest BCUT2D eigenvalue weighted by Crippen LogP contribution is -2.33. The average Bonchev–Trinajstić information content (AvgIpc) is 2.85. The first-order chi connectivity index (χ1) is 8.35. The molecular weight excluding hydrogens is 216 g/mol. The van der Waals surface area contributed by atoms with E-state index >= 15 is 0 Å². The Morgan fingerprint density at radius 3 is 3.24 bits per heavy atom. The normalized spacial score (nSPS) is 19.6. The summed E-state index contributed by atoms with van der Waals surface area (Å²) in [4.78, 5) is 10.9. The van der Waals surface area contributed by atoms with Crippen molar-refractivity contribution in [2.24, 2.45) is 0 Å². The predicted molar refractivity (Wildman–Crippen MR) is 68.3 cm³/mol. The van der Waals surface area contributed by atoms with Gasteiger partial charge in [-0.2, -0.15) is 4.98 Å². The Kier molecular flexibility index (Phi) is 4.14. The van der Waals surface area contributed by atoms with Gasteiger partial charge in [0, 0.05) is 19.3 Å². The Morgan fingerprint density at radius 2 is 2.47 bits per heavy atom. The first-order valence-electron chi connectivity index (χ1n) is 6.29. The highest BCUT2D eigenvalue weighted by Gasteiger charge is 2.25. The van der Waals surface area contributed by atoms with Crippen LogP contribution in [-0.2, 0) is 0 Å². The van der Waals surface area contributed by atoms with Gasteiger partial charge in [-0.05, 0) is 25.3 Å². The molecular formula is C12H20N4O. The highest BCUT2D eigenvalue weighted by molar-refractivity contribution is 5.42. The number of nitrogens with zero attached hydrogens (tertiary/aromatic N) is 3. The predicted octanol–water partition coefficient (Wildman–Crippen LogP) is 1.26. The summed E-state index contributed by atoms with van der Waals surface area (Å²) in [5.74, 6) is 1.59. The zero-order valence-electron chi connectivity index (χ0n) is 10.3. The van der Waals surface area contributed by atoms with Crippen molar-refractivity contribution in [3.05, 3.63) is 12.3 Å². The summed E-state index contributed by atoms with van der Waals surface area (Å²) in [5, 5.41) is 12.5. The van der Waals surface area contributed by atoms with Crippen molar-refractivity contribution < 1.29 is 5.11 Å². The van der Waals surface area contributed by atoms with Gasteiger partial charge in [0.25, 0.3) is 0 Å². The number of aromatic nitrogens is 2. The standard InChI is InChI=1S/C12H20N4O/c1-2-6-13-11-5-7-14-12(15-11)16-8-3-4-10(16)9-17/h5,7,10,17H,2-4,6,8-9H2,1H3,(H,13,14,15). The summed E-state index contributed by atoms with van der Waals surface area (Å²) >= 11 is 0. The van der Waals surface area contributed by atoms with Gasteiger partial charge < -0.3 is 15.3 Å². The summed E-state index contributed by atoms with van der Waals surface area (Å²) in [6, 6.07) is 2.06. The second kappa shape index (κ2) is 5.82. The van der Waals surface area contributed by atoms with Crippen LogP contribution in [0.25, 0.3) is 0 Å². The number of rotatable bonds is 5. The fourth-order valence-corrected chi connectivity index (χ4v) is 2.13. The van der Waals surface area contributed by atoms with Gasteiger partial charge in [0.2, 0.25) is 5.95 Å². The average molecular weight is 236 g/mol. The smallest absolute Gasteiger partial charge is 0.227 e. The molecule has 5 nitrogen and oxygen atoms in total. The van der Waals surface area contributed by atoms with Crippen molar-refractivity contribution in [1.29, 1.82) is 0 Å². The van der Waals surface area contributed by atoms with E-state index in [1.807, 2.05) is 6.07 Å². The molecule has 0 aromatic carbocycles. The molecule has 1 aromatic heterocycles. The van der Waals surface area contributed by atoms with Crippen molar-refractivity contribution >= 4 is 11.8 Å². The van der Waals surface area contributed by atoms with Crippen molar-refractivity contribution in [3.63, 3.8) is 0 Å². The zero-order valence-corrected chi connectivity index (χ0v) is 10.3. The van der Waals surface area contributed by atoms with Gasteiger partial charge in [-0.3, -0.25) is 0 Å². The zero-order chi connectivity index (χ0) is 12.1. The lowest BCUT2D eigenvalue weighted by atomic mass is 10.2. The van der Waals surface area contributed by atoms with Gasteiger partial charge in [-0.1, -0.05) is 6.92 Å². The molecule has 0 radical (unpaired) electrons. The molecule has 1 fully saturated rings. The third-order valence-electron chi connectivity index (χ3n) is 3.04. The maximum absolute atomic E-state index is 9.30. The number of anilines is 2. The number of aliphatic hydroxyl groups excluding tert-OH is 1. The number of hydrogen-bond acceptors (Lipinski definition) is 5. The van der Waals surface area contributed by atoms with E-state index < -0.39 is 0 Å². The van der Waals surface area contributed by atoms with Crippen LogP contribution in [0.4, 0.5) is 11.8 Å². The molecule has 1 aliphatic rings. The minimum atomic E-state index is 0.177. The molecule has 17 heavy (non-hydrogen) atoms. The Bertz CT molecular complexity index is 358. The van der Waals surface area contributed by atoms with Crippen LogP contribution in [0.1, 0.15) is 26.2 Å². The molecule has 1 atom stereocenters. The first-order valence-corrected chi connectivity index (χ1v) is 6.29. The molecule has 1 saturated heterocycles. The summed E-state index contributed by atoms with van der Waals surface area (Å²) in [6.07, 6.45) is 4.96. The van der Waals surface area contributed by atoms with Crippen LogP contribution in [0.5, 0.6) is 0 Å². The SMILES string of the molecule is CCCNc1ccnc(N2CCCC2CO)n1. The number of aliphatic hydroxyl groups is 1. The number of nitrogens with one attached hydrogen (secondary N) is 1. The molecule has 2 heterocycles. The van der Waals surface area contributed by atoms with E-state index in [1.165, 1.54) is 0 Å². The van der Waals surface area contributed by atoms with Crippen LogP contribution in [0.15, 0.2) is 12.3 Å². The molecule has 94 valence electrons. The Hall–Kier alpha value is -1.36. The third-order valence-corrected chi connectivity index (χ3v) is 3.04. The fourth-order valence-electron chi connectivity index (χ4n) is 2.13. The molecule has 0 spiro atoms. The highest BCUT2D eigenvalue weighted by Crippen LogP contribution is 2.22. The van der Waals surface area contributed by atoms with Gasteiger partial charge in [0.1, 0.15) is 5.82 Å². The summed E-state index contributed by atoms with van der Waals surface area (Å²) in [6.45, 7) is 4.15. The largest absolute Gasteiger partial charge is 0.394 e. The molecule has 2 rings (SSSR count). The molecule has 5 heteroatoms. The highest BCUT2D eigenvalue weighted by atomic mass is 16.3. The lowest BCUT2D eigenvalue weighted by Gasteiger charge is -2.23. The van der Waals surface area contributed by atoms with Gasteiger partial charge in [0.15, 0.2) is 0 Å². The van der Waals surface area contributed by atoms with Crippen LogP contribution >= 0.6 is 0 Å². The maximum Gasteiger partial charge on any atom is 0.227 e. The maximum atomic E-state index is 9.30. The van der Waals surface area contributed by atoms with E-state index in [0.717, 1.165) is 44.1 Å². The number of hydrogen-bond donors (Lipinski definition) is 2. The van der Waals surface area contributed by atoms with Gasteiger partial charge in [-0.25, -0.2) is 4.98 Å². The van der Waals surface area contributed by atoms with Gasteiger partial charge in [0.05, 0.1) is 12.6 Å². The van der Waals surface area contributed by atoms with E-state index in [1.54, 1.807) is 6.20 Å². The Balaban J connectivity index is 2.09. The summed E-state index contributed by atoms with van der Waals surface area (Å²) in [5.41, 5.74) is 0. The van der Waals surface area contributed by atoms with Gasteiger partial charge >= 0.3 is 0 Å². The third kappa shape index (κ3) is 2.85. The van der Waals surface area contributed by atoms with Crippen LogP contribution in [0.3, 0.4) is 0 Å². The second-order valence-corrected chi connectivity index (χ2v) is 4.34. The van der Waals surface area contributed by atoms with Crippen LogP contribution in [0, 0.1) is 0 Å². The quantitative estimate of drug-likeness (QED) is 0.806. The molecule has 0 bridgehead atoms.